The number of ether oxygens (including phenoxy) is 1. The molecule has 4 heteroatoms. The SMILES string of the molecule is O=C(Cc1ccccc1)C(CCl)OCc1ccccc1Cl. The van der Waals surface area contributed by atoms with Crippen molar-refractivity contribution in [2.75, 3.05) is 5.88 Å². The monoisotopic (exact) mass is 322 g/mol. The fraction of sp³-hybridized carbons (Fsp3) is 0.235. The molecule has 0 amide bonds. The minimum atomic E-state index is -0.622. The average molecular weight is 323 g/mol. The summed E-state index contributed by atoms with van der Waals surface area (Å²) in [7, 11) is 0. The molecule has 0 N–H and O–H groups in total. The van der Waals surface area contributed by atoms with Crippen LogP contribution in [-0.2, 0) is 22.6 Å². The van der Waals surface area contributed by atoms with E-state index in [4.69, 9.17) is 27.9 Å². The van der Waals surface area contributed by atoms with E-state index in [9.17, 15) is 4.79 Å². The van der Waals surface area contributed by atoms with Gasteiger partial charge in [-0.25, -0.2) is 0 Å². The van der Waals surface area contributed by atoms with Gasteiger partial charge in [0.2, 0.25) is 0 Å². The Balaban J connectivity index is 1.93. The third-order valence-corrected chi connectivity index (χ3v) is 3.77. The summed E-state index contributed by atoms with van der Waals surface area (Å²) in [6.07, 6.45) is -0.302. The molecule has 0 aliphatic heterocycles. The quantitative estimate of drug-likeness (QED) is 0.711. The smallest absolute Gasteiger partial charge is 0.167 e. The van der Waals surface area contributed by atoms with Gasteiger partial charge in [-0.15, -0.1) is 11.6 Å². The summed E-state index contributed by atoms with van der Waals surface area (Å²) in [4.78, 5) is 12.2. The molecule has 0 spiro atoms. The van der Waals surface area contributed by atoms with Crippen LogP contribution in [0.3, 0.4) is 0 Å². The lowest BCUT2D eigenvalue weighted by Crippen LogP contribution is -2.27. The number of alkyl halides is 1. The minimum absolute atomic E-state index is 0.0248. The highest BCUT2D eigenvalue weighted by molar-refractivity contribution is 6.31. The van der Waals surface area contributed by atoms with Gasteiger partial charge in [-0.05, 0) is 17.2 Å². The molecule has 2 rings (SSSR count). The van der Waals surface area contributed by atoms with E-state index in [0.717, 1.165) is 11.1 Å². The minimum Gasteiger partial charge on any atom is -0.364 e. The highest BCUT2D eigenvalue weighted by atomic mass is 35.5. The number of halogens is 2. The Labute approximate surface area is 134 Å². The van der Waals surface area contributed by atoms with Gasteiger partial charge in [0.15, 0.2) is 5.78 Å². The summed E-state index contributed by atoms with van der Waals surface area (Å²) in [5.74, 6) is 0.110. The number of Topliss-reactive ketones (excluding diaryl/α,β-unsaturated/α-hetero) is 1. The zero-order valence-electron chi connectivity index (χ0n) is 11.5. The van der Waals surface area contributed by atoms with Crippen molar-refractivity contribution >= 4 is 29.0 Å². The van der Waals surface area contributed by atoms with E-state index in [0.29, 0.717) is 11.4 Å². The standard InChI is InChI=1S/C17H16Cl2O2/c18-11-17(16(20)10-13-6-2-1-3-7-13)21-12-14-8-4-5-9-15(14)19/h1-9,17H,10-12H2. The van der Waals surface area contributed by atoms with Crippen LogP contribution in [0.1, 0.15) is 11.1 Å². The topological polar surface area (TPSA) is 26.3 Å². The Morgan fingerprint density at radius 2 is 1.71 bits per heavy atom. The van der Waals surface area contributed by atoms with Crippen LogP contribution in [0.2, 0.25) is 5.02 Å². The molecule has 0 heterocycles. The van der Waals surface area contributed by atoms with Crippen molar-refractivity contribution in [3.63, 3.8) is 0 Å². The number of hydrogen-bond donors (Lipinski definition) is 0. The Morgan fingerprint density at radius 1 is 1.05 bits per heavy atom. The lowest BCUT2D eigenvalue weighted by Gasteiger charge is -2.15. The highest BCUT2D eigenvalue weighted by Gasteiger charge is 2.18. The highest BCUT2D eigenvalue weighted by Crippen LogP contribution is 2.17. The first-order valence-electron chi connectivity index (χ1n) is 6.68. The molecule has 0 radical (unpaired) electrons. The van der Waals surface area contributed by atoms with Crippen LogP contribution >= 0.6 is 23.2 Å². The lowest BCUT2D eigenvalue weighted by atomic mass is 10.1. The number of ketones is 1. The van der Waals surface area contributed by atoms with E-state index < -0.39 is 6.10 Å². The fourth-order valence-electron chi connectivity index (χ4n) is 1.94. The summed E-state index contributed by atoms with van der Waals surface area (Å²) in [6.45, 7) is 0.275. The van der Waals surface area contributed by atoms with Crippen LogP contribution in [0.5, 0.6) is 0 Å². The summed E-state index contributed by atoms with van der Waals surface area (Å²) >= 11 is 11.9. The van der Waals surface area contributed by atoms with Gasteiger partial charge < -0.3 is 4.74 Å². The largest absolute Gasteiger partial charge is 0.364 e. The van der Waals surface area contributed by atoms with Gasteiger partial charge in [-0.1, -0.05) is 60.1 Å². The summed E-state index contributed by atoms with van der Waals surface area (Å²) < 4.78 is 5.63. The second kappa shape index (κ2) is 8.18. The van der Waals surface area contributed by atoms with Crippen molar-refractivity contribution in [1.29, 1.82) is 0 Å². The van der Waals surface area contributed by atoms with Gasteiger partial charge in [0.25, 0.3) is 0 Å². The van der Waals surface area contributed by atoms with Crippen molar-refractivity contribution in [1.82, 2.24) is 0 Å². The van der Waals surface area contributed by atoms with Crippen molar-refractivity contribution in [3.8, 4) is 0 Å². The zero-order chi connectivity index (χ0) is 15.1. The molecule has 21 heavy (non-hydrogen) atoms. The van der Waals surface area contributed by atoms with Gasteiger partial charge in [-0.3, -0.25) is 4.79 Å². The van der Waals surface area contributed by atoms with Crippen LogP contribution in [0, 0.1) is 0 Å². The van der Waals surface area contributed by atoms with Crippen LogP contribution in [0.15, 0.2) is 54.6 Å². The molecule has 110 valence electrons. The predicted molar refractivity (Wildman–Crippen MR) is 85.9 cm³/mol. The number of carbonyl (C=O) groups excluding carboxylic acids is 1. The number of benzene rings is 2. The van der Waals surface area contributed by atoms with Crippen LogP contribution < -0.4 is 0 Å². The van der Waals surface area contributed by atoms with Gasteiger partial charge in [0.05, 0.1) is 12.5 Å². The van der Waals surface area contributed by atoms with Crippen LogP contribution in [0.4, 0.5) is 0 Å². The van der Waals surface area contributed by atoms with E-state index in [1.807, 2.05) is 48.5 Å². The molecule has 1 unspecified atom stereocenters. The summed E-state index contributed by atoms with van der Waals surface area (Å²) in [5.41, 5.74) is 1.81. The maximum Gasteiger partial charge on any atom is 0.167 e. The van der Waals surface area contributed by atoms with Gasteiger partial charge in [0.1, 0.15) is 6.10 Å². The Kier molecular flexibility index (Phi) is 6.24. The first kappa shape index (κ1) is 16.0. The Bertz CT molecular complexity index is 584. The van der Waals surface area contributed by atoms with Gasteiger partial charge >= 0.3 is 0 Å². The van der Waals surface area contributed by atoms with Crippen molar-refractivity contribution in [2.24, 2.45) is 0 Å². The Hall–Kier alpha value is -1.35. The molecule has 0 aliphatic rings. The van der Waals surface area contributed by atoms with E-state index in [-0.39, 0.29) is 18.3 Å². The number of carbonyl (C=O) groups is 1. The normalized spacial score (nSPS) is 12.1. The summed E-state index contributed by atoms with van der Waals surface area (Å²) in [6, 6.07) is 17.0. The molecule has 0 saturated carbocycles. The molecule has 2 nitrogen and oxygen atoms in total. The molecule has 0 saturated heterocycles. The second-order valence-electron chi connectivity index (χ2n) is 4.67. The lowest BCUT2D eigenvalue weighted by molar-refractivity contribution is -0.129. The van der Waals surface area contributed by atoms with E-state index in [1.165, 1.54) is 0 Å². The third-order valence-electron chi connectivity index (χ3n) is 3.12. The maximum absolute atomic E-state index is 12.2. The van der Waals surface area contributed by atoms with Gasteiger partial charge in [-0.2, -0.15) is 0 Å². The first-order valence-corrected chi connectivity index (χ1v) is 7.59. The first-order chi connectivity index (χ1) is 10.2. The van der Waals surface area contributed by atoms with E-state index in [1.54, 1.807) is 6.07 Å². The molecular formula is C17H16Cl2O2. The molecule has 0 aromatic heterocycles. The molecule has 2 aromatic rings. The molecule has 1 atom stereocenters. The molecule has 0 fully saturated rings. The summed E-state index contributed by atoms with van der Waals surface area (Å²) in [5, 5.41) is 0.626. The van der Waals surface area contributed by atoms with Crippen molar-refractivity contribution in [2.45, 2.75) is 19.1 Å². The molecule has 2 aromatic carbocycles. The second-order valence-corrected chi connectivity index (χ2v) is 5.39. The zero-order valence-corrected chi connectivity index (χ0v) is 13.0. The van der Waals surface area contributed by atoms with Crippen molar-refractivity contribution < 1.29 is 9.53 Å². The predicted octanol–water partition coefficient (Wildman–Crippen LogP) is 4.28. The maximum atomic E-state index is 12.2. The van der Waals surface area contributed by atoms with Gasteiger partial charge in [0, 0.05) is 11.4 Å². The number of hydrogen-bond acceptors (Lipinski definition) is 2. The fourth-order valence-corrected chi connectivity index (χ4v) is 2.39. The molecular weight excluding hydrogens is 307 g/mol. The average Bonchev–Trinajstić information content (AvgIpc) is 2.50. The molecule has 0 aliphatic carbocycles. The van der Waals surface area contributed by atoms with Crippen LogP contribution in [-0.4, -0.2) is 17.8 Å². The Morgan fingerprint density at radius 3 is 2.38 bits per heavy atom. The van der Waals surface area contributed by atoms with Crippen LogP contribution in [0.25, 0.3) is 0 Å². The van der Waals surface area contributed by atoms with Crippen molar-refractivity contribution in [3.05, 3.63) is 70.7 Å². The molecule has 0 bridgehead atoms. The number of rotatable bonds is 7. The van der Waals surface area contributed by atoms with E-state index in [2.05, 4.69) is 0 Å². The third kappa shape index (κ3) is 4.85. The van der Waals surface area contributed by atoms with E-state index >= 15 is 0 Å².